The van der Waals surface area contributed by atoms with Crippen molar-refractivity contribution in [1.82, 2.24) is 10.2 Å². The molecule has 0 radical (unpaired) electrons. The molecule has 1 aromatic carbocycles. The lowest BCUT2D eigenvalue weighted by Crippen LogP contribution is -2.27. The molecule has 0 spiro atoms. The first-order chi connectivity index (χ1) is 8.76. The van der Waals surface area contributed by atoms with E-state index in [9.17, 15) is 4.79 Å². The van der Waals surface area contributed by atoms with Crippen LogP contribution in [-0.2, 0) is 4.74 Å². The zero-order valence-electron chi connectivity index (χ0n) is 11.3. The summed E-state index contributed by atoms with van der Waals surface area (Å²) < 4.78 is 6.08. The molecule has 0 aliphatic carbocycles. The molecule has 0 atom stereocenters. The van der Waals surface area contributed by atoms with E-state index >= 15 is 0 Å². The number of rotatable bonds is 1. The maximum atomic E-state index is 11.7. The zero-order chi connectivity index (χ0) is 14.2. The summed E-state index contributed by atoms with van der Waals surface area (Å²) in [5, 5.41) is 10.5. The average molecular weight is 326 g/mol. The molecule has 2 N–H and O–H groups in total. The summed E-state index contributed by atoms with van der Waals surface area (Å²) in [6, 6.07) is 3.94. The van der Waals surface area contributed by atoms with Gasteiger partial charge >= 0.3 is 6.09 Å². The topological polar surface area (TPSA) is 67.0 Å². The fourth-order valence-electron chi connectivity index (χ4n) is 1.73. The number of aryl methyl sites for hydroxylation is 1. The minimum atomic E-state index is -0.538. The number of benzene rings is 1. The lowest BCUT2D eigenvalue weighted by molar-refractivity contribution is 0.0635. The van der Waals surface area contributed by atoms with E-state index in [-0.39, 0.29) is 0 Å². The first-order valence-corrected chi connectivity index (χ1v) is 6.70. The number of aromatic amines is 1. The molecular formula is C13H16BrN3O2. The second-order valence-electron chi connectivity index (χ2n) is 5.37. The van der Waals surface area contributed by atoms with Crippen LogP contribution in [0.25, 0.3) is 10.9 Å². The third kappa shape index (κ3) is 3.26. The van der Waals surface area contributed by atoms with E-state index in [1.54, 1.807) is 0 Å². The van der Waals surface area contributed by atoms with Crippen molar-refractivity contribution in [1.29, 1.82) is 0 Å². The van der Waals surface area contributed by atoms with Gasteiger partial charge in [-0.2, -0.15) is 5.10 Å². The van der Waals surface area contributed by atoms with E-state index in [0.717, 1.165) is 20.9 Å². The smallest absolute Gasteiger partial charge is 0.413 e. The minimum absolute atomic E-state index is 0.455. The van der Waals surface area contributed by atoms with E-state index < -0.39 is 11.7 Å². The predicted molar refractivity (Wildman–Crippen MR) is 78.4 cm³/mol. The highest BCUT2D eigenvalue weighted by Gasteiger charge is 2.18. The van der Waals surface area contributed by atoms with Crippen molar-refractivity contribution < 1.29 is 9.53 Å². The van der Waals surface area contributed by atoms with Gasteiger partial charge in [-0.15, -0.1) is 0 Å². The van der Waals surface area contributed by atoms with Gasteiger partial charge in [-0.05, 0) is 61.3 Å². The number of fused-ring (bicyclic) bond motifs is 1. The molecule has 1 heterocycles. The van der Waals surface area contributed by atoms with Crippen LogP contribution in [0.4, 0.5) is 10.6 Å². The normalized spacial score (nSPS) is 11.6. The van der Waals surface area contributed by atoms with Gasteiger partial charge in [0, 0.05) is 4.47 Å². The van der Waals surface area contributed by atoms with Gasteiger partial charge in [0.15, 0.2) is 5.82 Å². The van der Waals surface area contributed by atoms with Crippen LogP contribution < -0.4 is 5.32 Å². The van der Waals surface area contributed by atoms with Crippen LogP contribution in [0.3, 0.4) is 0 Å². The fourth-order valence-corrected chi connectivity index (χ4v) is 2.50. The Morgan fingerprint density at radius 2 is 2.11 bits per heavy atom. The maximum absolute atomic E-state index is 11.7. The number of H-pyrrole nitrogens is 1. The third-order valence-corrected chi connectivity index (χ3v) is 3.00. The van der Waals surface area contributed by atoms with Gasteiger partial charge in [-0.3, -0.25) is 10.4 Å². The first kappa shape index (κ1) is 13.9. The summed E-state index contributed by atoms with van der Waals surface area (Å²) in [4.78, 5) is 11.7. The summed E-state index contributed by atoms with van der Waals surface area (Å²) in [6.45, 7) is 7.43. The third-order valence-electron chi connectivity index (χ3n) is 2.38. The number of aromatic nitrogens is 2. The lowest BCUT2D eigenvalue weighted by atomic mass is 10.2. The number of hydrogen-bond acceptors (Lipinski definition) is 3. The minimum Gasteiger partial charge on any atom is -0.444 e. The van der Waals surface area contributed by atoms with Crippen LogP contribution in [-0.4, -0.2) is 21.9 Å². The molecule has 102 valence electrons. The predicted octanol–water partition coefficient (Wildman–Crippen LogP) is 3.98. The van der Waals surface area contributed by atoms with Crippen molar-refractivity contribution in [2.75, 3.05) is 5.32 Å². The molecule has 2 aromatic rings. The van der Waals surface area contributed by atoms with Gasteiger partial charge in [-0.25, -0.2) is 4.79 Å². The molecule has 0 fully saturated rings. The molecule has 0 saturated heterocycles. The second-order valence-corrected chi connectivity index (χ2v) is 6.22. The van der Waals surface area contributed by atoms with Crippen molar-refractivity contribution in [3.63, 3.8) is 0 Å². The average Bonchev–Trinajstić information content (AvgIpc) is 2.57. The highest BCUT2D eigenvalue weighted by atomic mass is 79.9. The van der Waals surface area contributed by atoms with Gasteiger partial charge in [0.25, 0.3) is 0 Å². The van der Waals surface area contributed by atoms with Crippen LogP contribution in [0, 0.1) is 6.92 Å². The molecule has 0 aliphatic rings. The highest BCUT2D eigenvalue weighted by molar-refractivity contribution is 9.10. The van der Waals surface area contributed by atoms with Crippen LogP contribution >= 0.6 is 15.9 Å². The molecular weight excluding hydrogens is 310 g/mol. The quantitative estimate of drug-likeness (QED) is 0.833. The SMILES string of the molecule is Cc1cc(Br)c2c(NC(=O)OC(C)(C)C)n[nH]c2c1. The maximum Gasteiger partial charge on any atom is 0.413 e. The lowest BCUT2D eigenvalue weighted by Gasteiger charge is -2.19. The molecule has 0 aliphatic heterocycles. The number of amides is 1. The van der Waals surface area contributed by atoms with Crippen LogP contribution in [0.15, 0.2) is 16.6 Å². The molecule has 5 nitrogen and oxygen atoms in total. The van der Waals surface area contributed by atoms with Crippen molar-refractivity contribution >= 4 is 38.7 Å². The number of hydrogen-bond donors (Lipinski definition) is 2. The Morgan fingerprint density at radius 1 is 1.42 bits per heavy atom. The summed E-state index contributed by atoms with van der Waals surface area (Å²) in [5.74, 6) is 0.455. The fraction of sp³-hybridized carbons (Fsp3) is 0.385. The summed E-state index contributed by atoms with van der Waals surface area (Å²) in [6.07, 6.45) is -0.520. The molecule has 1 aromatic heterocycles. The van der Waals surface area contributed by atoms with Crippen LogP contribution in [0.1, 0.15) is 26.3 Å². The monoisotopic (exact) mass is 325 g/mol. The summed E-state index contributed by atoms with van der Waals surface area (Å²) in [7, 11) is 0. The van der Waals surface area contributed by atoms with E-state index in [0.29, 0.717) is 5.82 Å². The molecule has 6 heteroatoms. The number of nitrogens with zero attached hydrogens (tertiary/aromatic N) is 1. The largest absolute Gasteiger partial charge is 0.444 e. The Hall–Kier alpha value is -1.56. The molecule has 0 bridgehead atoms. The Bertz CT molecular complexity index is 629. The molecule has 0 unspecified atom stereocenters. The van der Waals surface area contributed by atoms with Gasteiger partial charge < -0.3 is 4.74 Å². The van der Waals surface area contributed by atoms with E-state index in [2.05, 4.69) is 31.4 Å². The highest BCUT2D eigenvalue weighted by Crippen LogP contribution is 2.30. The van der Waals surface area contributed by atoms with Crippen molar-refractivity contribution in [3.8, 4) is 0 Å². The zero-order valence-corrected chi connectivity index (χ0v) is 12.9. The van der Waals surface area contributed by atoms with Crippen molar-refractivity contribution in [2.45, 2.75) is 33.3 Å². The van der Waals surface area contributed by atoms with Gasteiger partial charge in [0.05, 0.1) is 10.9 Å². The van der Waals surface area contributed by atoms with Gasteiger partial charge in [-0.1, -0.05) is 0 Å². The molecule has 1 amide bonds. The van der Waals surface area contributed by atoms with Crippen molar-refractivity contribution in [2.24, 2.45) is 0 Å². The summed E-state index contributed by atoms with van der Waals surface area (Å²) >= 11 is 3.48. The number of ether oxygens (including phenoxy) is 1. The Labute approximate surface area is 119 Å². The first-order valence-electron chi connectivity index (χ1n) is 5.90. The Balaban J connectivity index is 2.29. The molecule has 0 saturated carbocycles. The second kappa shape index (κ2) is 4.85. The standard InChI is InChI=1S/C13H16BrN3O2/c1-7-5-8(14)10-9(6-7)16-17-11(10)15-12(18)19-13(2,3)4/h5-6H,1-4H3,(H2,15,16,17,18). The van der Waals surface area contributed by atoms with Crippen molar-refractivity contribution in [3.05, 3.63) is 22.2 Å². The molecule has 19 heavy (non-hydrogen) atoms. The summed E-state index contributed by atoms with van der Waals surface area (Å²) in [5.41, 5.74) is 1.43. The molecule has 2 rings (SSSR count). The number of nitrogens with one attached hydrogen (secondary N) is 2. The number of halogens is 1. The Morgan fingerprint density at radius 3 is 2.74 bits per heavy atom. The van der Waals surface area contributed by atoms with E-state index in [1.807, 2.05) is 39.8 Å². The van der Waals surface area contributed by atoms with Crippen LogP contribution in [0.5, 0.6) is 0 Å². The van der Waals surface area contributed by atoms with E-state index in [1.165, 1.54) is 0 Å². The Kier molecular flexibility index (Phi) is 3.54. The van der Waals surface area contributed by atoms with Crippen LogP contribution in [0.2, 0.25) is 0 Å². The van der Waals surface area contributed by atoms with Gasteiger partial charge in [0.1, 0.15) is 5.60 Å². The number of anilines is 1. The van der Waals surface area contributed by atoms with E-state index in [4.69, 9.17) is 4.74 Å². The number of carbonyl (C=O) groups is 1. The van der Waals surface area contributed by atoms with Gasteiger partial charge in [0.2, 0.25) is 0 Å². The number of carbonyl (C=O) groups excluding carboxylic acids is 1.